The van der Waals surface area contributed by atoms with E-state index in [1.165, 1.54) is 0 Å². The van der Waals surface area contributed by atoms with Crippen LogP contribution < -0.4 is 5.32 Å². The molecule has 11 heavy (non-hydrogen) atoms. The number of amides is 1. The second-order valence-electron chi connectivity index (χ2n) is 3.28. The Kier molecular flexibility index (Phi) is 5.90. The molecule has 1 amide bonds. The van der Waals surface area contributed by atoms with E-state index >= 15 is 0 Å². The van der Waals surface area contributed by atoms with E-state index in [2.05, 4.69) is 19.2 Å². The summed E-state index contributed by atoms with van der Waals surface area (Å²) in [4.78, 5) is 10.9. The predicted octanol–water partition coefficient (Wildman–Crippen LogP) is 2.19. The Morgan fingerprint density at radius 3 is 2.64 bits per heavy atom. The molecule has 68 valence electrons. The molecule has 0 atom stereocenters. The van der Waals surface area contributed by atoms with Crippen molar-refractivity contribution in [2.75, 3.05) is 6.54 Å². The molecule has 0 bridgehead atoms. The molecule has 0 heterocycles. The minimum Gasteiger partial charge on any atom is -0.356 e. The largest absolute Gasteiger partial charge is 0.356 e. The zero-order chi connectivity index (χ0) is 8.69. The quantitative estimate of drug-likeness (QED) is 0.654. The highest BCUT2D eigenvalue weighted by Gasteiger charge is 1.98. The van der Waals surface area contributed by atoms with Crippen molar-refractivity contribution in [3.05, 3.63) is 0 Å². The van der Waals surface area contributed by atoms with Crippen LogP contribution in [0.5, 0.6) is 0 Å². The van der Waals surface area contributed by atoms with Gasteiger partial charge in [0.1, 0.15) is 0 Å². The van der Waals surface area contributed by atoms with Crippen LogP contribution in [0.3, 0.4) is 0 Å². The first kappa shape index (κ1) is 10.5. The third-order valence-corrected chi connectivity index (χ3v) is 1.52. The van der Waals surface area contributed by atoms with E-state index in [0.717, 1.165) is 19.4 Å². The van der Waals surface area contributed by atoms with Crippen molar-refractivity contribution >= 4 is 5.91 Å². The Morgan fingerprint density at radius 2 is 2.18 bits per heavy atom. The Labute approximate surface area is 70.9 Å². The molecule has 1 N–H and O–H groups in total. The van der Waals surface area contributed by atoms with E-state index in [1.54, 1.807) is 0 Å². The van der Waals surface area contributed by atoms with Gasteiger partial charge in [-0.3, -0.25) is 4.79 Å². The fourth-order valence-electron chi connectivity index (χ4n) is 0.816. The van der Waals surface area contributed by atoms with Crippen LogP contribution in [0, 0.1) is 5.92 Å². The monoisotopic (exact) mass is 159 g/mol. The molecule has 0 spiro atoms. The lowest BCUT2D eigenvalue weighted by Crippen LogP contribution is -2.24. The number of hydrogen-bond acceptors (Lipinski definition) is 1. The summed E-state index contributed by atoms with van der Waals surface area (Å²) in [5.74, 6) is 0.866. The maximum atomic E-state index is 10.9. The minimum absolute atomic E-state index is 0. The molecule has 0 aliphatic heterocycles. The summed E-state index contributed by atoms with van der Waals surface area (Å²) in [5, 5.41) is 2.88. The average Bonchev–Trinajstić information content (AvgIpc) is 1.87. The van der Waals surface area contributed by atoms with Crippen LogP contribution in [0.25, 0.3) is 0 Å². The number of carbonyl (C=O) groups excluding carboxylic acids is 1. The van der Waals surface area contributed by atoms with E-state index in [9.17, 15) is 4.79 Å². The van der Waals surface area contributed by atoms with Gasteiger partial charge in [-0.05, 0) is 18.8 Å². The van der Waals surface area contributed by atoms with Crippen molar-refractivity contribution in [3.63, 3.8) is 0 Å². The first-order valence-corrected chi connectivity index (χ1v) is 4.43. The van der Waals surface area contributed by atoms with E-state index in [0.29, 0.717) is 12.3 Å². The molecule has 0 aliphatic carbocycles. The van der Waals surface area contributed by atoms with Gasteiger partial charge >= 0.3 is 0 Å². The molecule has 0 fully saturated rings. The van der Waals surface area contributed by atoms with Crippen molar-refractivity contribution in [3.8, 4) is 0 Å². The number of hydrogen-bond donors (Lipinski definition) is 1. The molecule has 2 heteroatoms. The lowest BCUT2D eigenvalue weighted by molar-refractivity contribution is -0.121. The lowest BCUT2D eigenvalue weighted by Gasteiger charge is -2.05. The van der Waals surface area contributed by atoms with Gasteiger partial charge in [-0.15, -0.1) is 0 Å². The summed E-state index contributed by atoms with van der Waals surface area (Å²) in [6.45, 7) is 7.16. The molecular weight excluding hydrogens is 138 g/mol. The van der Waals surface area contributed by atoms with Crippen molar-refractivity contribution in [1.29, 1.82) is 0 Å². The summed E-state index contributed by atoms with van der Waals surface area (Å²) in [5.41, 5.74) is 0. The third kappa shape index (κ3) is 7.37. The number of carbonyl (C=O) groups is 1. The van der Waals surface area contributed by atoms with E-state index in [-0.39, 0.29) is 7.33 Å². The fraction of sp³-hybridized carbons (Fsp3) is 0.889. The second-order valence-corrected chi connectivity index (χ2v) is 3.28. The Morgan fingerprint density at radius 1 is 1.55 bits per heavy atom. The third-order valence-electron chi connectivity index (χ3n) is 1.52. The molecular formula is C9H21NO. The summed E-state index contributed by atoms with van der Waals surface area (Å²) >= 11 is 0. The number of rotatable bonds is 5. The summed E-state index contributed by atoms with van der Waals surface area (Å²) in [6.07, 6.45) is 2.68. The molecule has 0 aromatic rings. The van der Waals surface area contributed by atoms with Crippen LogP contribution >= 0.6 is 0 Å². The molecule has 0 saturated carbocycles. The second kappa shape index (κ2) is 6.20. The highest BCUT2D eigenvalue weighted by Crippen LogP contribution is 1.96. The first-order valence-electron chi connectivity index (χ1n) is 4.43. The van der Waals surface area contributed by atoms with Gasteiger partial charge in [-0.1, -0.05) is 20.8 Å². The molecule has 0 unspecified atom stereocenters. The van der Waals surface area contributed by atoms with Crippen molar-refractivity contribution in [2.45, 2.75) is 40.0 Å². The van der Waals surface area contributed by atoms with Crippen LogP contribution in [0.15, 0.2) is 0 Å². The van der Waals surface area contributed by atoms with Gasteiger partial charge in [0.25, 0.3) is 0 Å². The maximum absolute atomic E-state index is 10.9. The Hall–Kier alpha value is -0.530. The van der Waals surface area contributed by atoms with Crippen molar-refractivity contribution in [1.82, 2.24) is 5.32 Å². The van der Waals surface area contributed by atoms with Crippen LogP contribution in [0.4, 0.5) is 0 Å². The summed E-state index contributed by atoms with van der Waals surface area (Å²) < 4.78 is 0. The predicted molar refractivity (Wildman–Crippen MR) is 49.5 cm³/mol. The maximum Gasteiger partial charge on any atom is 0.219 e. The van der Waals surface area contributed by atoms with Crippen LogP contribution in [-0.2, 0) is 4.79 Å². The zero-order valence-electron chi connectivity index (χ0n) is 7.81. The van der Waals surface area contributed by atoms with Crippen LogP contribution in [0.2, 0.25) is 0 Å². The zero-order valence-corrected chi connectivity index (χ0v) is 7.81. The molecule has 0 aliphatic rings. The van der Waals surface area contributed by atoms with Gasteiger partial charge in [0, 0.05) is 14.4 Å². The van der Waals surface area contributed by atoms with Crippen LogP contribution in [-0.4, -0.2) is 12.5 Å². The molecule has 0 aromatic carbocycles. The molecule has 0 saturated heterocycles. The van der Waals surface area contributed by atoms with E-state index < -0.39 is 0 Å². The normalized spacial score (nSPS) is 10.2. The average molecular weight is 159 g/mol. The van der Waals surface area contributed by atoms with Gasteiger partial charge < -0.3 is 5.32 Å². The van der Waals surface area contributed by atoms with Crippen molar-refractivity contribution in [2.24, 2.45) is 5.92 Å². The topological polar surface area (TPSA) is 29.1 Å². The van der Waals surface area contributed by atoms with E-state index in [4.69, 9.17) is 0 Å². The summed E-state index contributed by atoms with van der Waals surface area (Å²) in [6, 6.07) is 0. The minimum atomic E-state index is 0. The summed E-state index contributed by atoms with van der Waals surface area (Å²) in [7, 11) is 0. The molecule has 0 aromatic heterocycles. The van der Waals surface area contributed by atoms with Gasteiger partial charge in [-0.25, -0.2) is 0 Å². The van der Waals surface area contributed by atoms with Gasteiger partial charge in [0.2, 0.25) is 5.91 Å². The first-order chi connectivity index (χ1) is 5.16. The van der Waals surface area contributed by atoms with Gasteiger partial charge in [0.05, 0.1) is 0 Å². The highest BCUT2D eigenvalue weighted by atomic mass is 16.1. The van der Waals surface area contributed by atoms with Crippen molar-refractivity contribution < 1.29 is 6.22 Å². The van der Waals surface area contributed by atoms with E-state index in [1.807, 2.05) is 6.92 Å². The van der Waals surface area contributed by atoms with Gasteiger partial charge in [0.15, 0.2) is 0 Å². The molecule has 2 nitrogen and oxygen atoms in total. The van der Waals surface area contributed by atoms with Crippen LogP contribution in [0.1, 0.15) is 41.5 Å². The smallest absolute Gasteiger partial charge is 0.219 e. The SMILES string of the molecule is CCCC(=O)NCCC(C)C.[HH]. The lowest BCUT2D eigenvalue weighted by atomic mass is 10.1. The highest BCUT2D eigenvalue weighted by molar-refractivity contribution is 5.75. The Bertz CT molecular complexity index is 115. The number of nitrogens with one attached hydrogen (secondary N) is 1. The fourth-order valence-corrected chi connectivity index (χ4v) is 0.816. The Balaban J connectivity index is 0. The molecule has 0 rings (SSSR count). The standard InChI is InChI=1S/C9H19NO.H2/c1-4-5-9(11)10-7-6-8(2)3;/h8H,4-7H2,1-3H3,(H,10,11);1H. The van der Waals surface area contributed by atoms with Gasteiger partial charge in [-0.2, -0.15) is 0 Å². The molecule has 0 radical (unpaired) electrons.